The average Bonchev–Trinajstić information content (AvgIpc) is 2.66. The standard InChI is InChI=1S/C21H24N2O3/c1-26-18-11-9-16(10-12-18)8-5-13-23-15-20(24)22-19(21(23)25)14-17-6-3-2-4-7-17/h2-4,6-7,9-12,19H,5,8,13-15H2,1H3,(H,22,24). The number of amides is 2. The van der Waals surface area contributed by atoms with Crippen molar-refractivity contribution >= 4 is 11.8 Å². The maximum Gasteiger partial charge on any atom is 0.245 e. The normalized spacial score (nSPS) is 17.1. The van der Waals surface area contributed by atoms with Crippen LogP contribution in [0.15, 0.2) is 54.6 Å². The predicted octanol–water partition coefficient (Wildman–Crippen LogP) is 2.20. The van der Waals surface area contributed by atoms with Gasteiger partial charge in [0.15, 0.2) is 0 Å². The summed E-state index contributed by atoms with van der Waals surface area (Å²) in [5, 5.41) is 2.82. The number of rotatable bonds is 7. The van der Waals surface area contributed by atoms with E-state index in [0.29, 0.717) is 13.0 Å². The molecule has 1 unspecified atom stereocenters. The van der Waals surface area contributed by atoms with E-state index in [0.717, 1.165) is 24.2 Å². The fourth-order valence-corrected chi connectivity index (χ4v) is 3.22. The Balaban J connectivity index is 1.54. The number of ether oxygens (including phenoxy) is 1. The van der Waals surface area contributed by atoms with Crippen molar-refractivity contribution in [1.29, 1.82) is 0 Å². The first-order valence-corrected chi connectivity index (χ1v) is 8.90. The summed E-state index contributed by atoms with van der Waals surface area (Å²) >= 11 is 0. The van der Waals surface area contributed by atoms with Crippen molar-refractivity contribution < 1.29 is 14.3 Å². The maximum atomic E-state index is 12.7. The first kappa shape index (κ1) is 18.0. The summed E-state index contributed by atoms with van der Waals surface area (Å²) in [6.07, 6.45) is 2.21. The van der Waals surface area contributed by atoms with Gasteiger partial charge in [0, 0.05) is 13.0 Å². The summed E-state index contributed by atoms with van der Waals surface area (Å²) in [5.74, 6) is 0.749. The Bertz CT molecular complexity index is 744. The minimum absolute atomic E-state index is 0.00295. The van der Waals surface area contributed by atoms with Gasteiger partial charge in [-0.1, -0.05) is 42.5 Å². The molecule has 136 valence electrons. The lowest BCUT2D eigenvalue weighted by molar-refractivity contribution is -0.144. The average molecular weight is 352 g/mol. The predicted molar refractivity (Wildman–Crippen MR) is 100.0 cm³/mol. The van der Waals surface area contributed by atoms with Gasteiger partial charge in [0.2, 0.25) is 11.8 Å². The van der Waals surface area contributed by atoms with Gasteiger partial charge >= 0.3 is 0 Å². The third-order valence-electron chi connectivity index (χ3n) is 4.61. The zero-order valence-electron chi connectivity index (χ0n) is 15.0. The topological polar surface area (TPSA) is 58.6 Å². The van der Waals surface area contributed by atoms with Gasteiger partial charge in [-0.3, -0.25) is 9.59 Å². The zero-order chi connectivity index (χ0) is 18.4. The van der Waals surface area contributed by atoms with Crippen LogP contribution in [0.3, 0.4) is 0 Å². The minimum atomic E-state index is -0.473. The molecule has 1 atom stereocenters. The molecule has 2 amide bonds. The molecule has 0 saturated carbocycles. The number of benzene rings is 2. The van der Waals surface area contributed by atoms with Crippen LogP contribution < -0.4 is 10.1 Å². The number of nitrogens with zero attached hydrogens (tertiary/aromatic N) is 1. The molecule has 1 saturated heterocycles. The second-order valence-corrected chi connectivity index (χ2v) is 6.52. The SMILES string of the molecule is COc1ccc(CCCN2CC(=O)NC(Cc3ccccc3)C2=O)cc1. The molecule has 5 nitrogen and oxygen atoms in total. The van der Waals surface area contributed by atoms with Crippen LogP contribution in [0.2, 0.25) is 0 Å². The largest absolute Gasteiger partial charge is 0.497 e. The van der Waals surface area contributed by atoms with Gasteiger partial charge < -0.3 is 15.0 Å². The highest BCUT2D eigenvalue weighted by atomic mass is 16.5. The molecule has 2 aromatic rings. The fourth-order valence-electron chi connectivity index (χ4n) is 3.22. The number of carbonyl (C=O) groups excluding carboxylic acids is 2. The van der Waals surface area contributed by atoms with Crippen LogP contribution in [0.4, 0.5) is 0 Å². The number of piperazine rings is 1. The highest BCUT2D eigenvalue weighted by Gasteiger charge is 2.32. The lowest BCUT2D eigenvalue weighted by Gasteiger charge is -2.32. The van der Waals surface area contributed by atoms with Crippen molar-refractivity contribution in [2.24, 2.45) is 0 Å². The van der Waals surface area contributed by atoms with E-state index < -0.39 is 6.04 Å². The number of hydrogen-bond donors (Lipinski definition) is 1. The van der Waals surface area contributed by atoms with Gasteiger partial charge in [-0.2, -0.15) is 0 Å². The van der Waals surface area contributed by atoms with E-state index >= 15 is 0 Å². The number of aryl methyl sites for hydroxylation is 1. The highest BCUT2D eigenvalue weighted by Crippen LogP contribution is 2.14. The van der Waals surface area contributed by atoms with Gasteiger partial charge in [-0.25, -0.2) is 0 Å². The first-order chi connectivity index (χ1) is 12.7. The quantitative estimate of drug-likeness (QED) is 0.831. The number of methoxy groups -OCH3 is 1. The molecule has 1 aliphatic rings. The van der Waals surface area contributed by atoms with Crippen LogP contribution in [0.25, 0.3) is 0 Å². The van der Waals surface area contributed by atoms with E-state index in [2.05, 4.69) is 5.32 Å². The monoisotopic (exact) mass is 352 g/mol. The molecule has 0 radical (unpaired) electrons. The van der Waals surface area contributed by atoms with Crippen molar-refractivity contribution in [3.63, 3.8) is 0 Å². The van der Waals surface area contributed by atoms with Crippen molar-refractivity contribution in [3.8, 4) is 5.75 Å². The summed E-state index contributed by atoms with van der Waals surface area (Å²) in [6.45, 7) is 0.732. The third kappa shape index (κ3) is 4.63. The molecule has 0 aliphatic carbocycles. The van der Waals surface area contributed by atoms with E-state index in [1.807, 2.05) is 54.6 Å². The number of carbonyl (C=O) groups is 2. The van der Waals surface area contributed by atoms with Gasteiger partial charge in [-0.05, 0) is 36.1 Å². The van der Waals surface area contributed by atoms with E-state index in [1.54, 1.807) is 12.0 Å². The van der Waals surface area contributed by atoms with E-state index in [4.69, 9.17) is 4.74 Å². The van der Waals surface area contributed by atoms with Crippen molar-refractivity contribution in [2.45, 2.75) is 25.3 Å². The third-order valence-corrected chi connectivity index (χ3v) is 4.61. The molecule has 0 aromatic heterocycles. The molecule has 1 aliphatic heterocycles. The Labute approximate surface area is 154 Å². The van der Waals surface area contributed by atoms with Gasteiger partial charge in [0.1, 0.15) is 11.8 Å². The van der Waals surface area contributed by atoms with Gasteiger partial charge in [0.05, 0.1) is 13.7 Å². The van der Waals surface area contributed by atoms with Crippen molar-refractivity contribution in [2.75, 3.05) is 20.2 Å². The summed E-state index contributed by atoms with van der Waals surface area (Å²) < 4.78 is 5.16. The summed E-state index contributed by atoms with van der Waals surface area (Å²) in [6, 6.07) is 17.2. The smallest absolute Gasteiger partial charge is 0.245 e. The van der Waals surface area contributed by atoms with Crippen LogP contribution in [0, 0.1) is 0 Å². The van der Waals surface area contributed by atoms with Crippen LogP contribution in [0.5, 0.6) is 5.75 Å². The Morgan fingerprint density at radius 1 is 1.04 bits per heavy atom. The molecular formula is C21H24N2O3. The Kier molecular flexibility index (Phi) is 5.89. The van der Waals surface area contributed by atoms with Crippen molar-refractivity contribution in [3.05, 3.63) is 65.7 Å². The summed E-state index contributed by atoms with van der Waals surface area (Å²) in [4.78, 5) is 26.4. The lowest BCUT2D eigenvalue weighted by atomic mass is 10.0. The Morgan fingerprint density at radius 3 is 2.46 bits per heavy atom. The number of nitrogens with one attached hydrogen (secondary N) is 1. The second kappa shape index (κ2) is 8.52. The van der Waals surface area contributed by atoms with Gasteiger partial charge in [0.25, 0.3) is 0 Å². The molecule has 1 N–H and O–H groups in total. The summed E-state index contributed by atoms with van der Waals surface area (Å²) in [5.41, 5.74) is 2.24. The summed E-state index contributed by atoms with van der Waals surface area (Å²) in [7, 11) is 1.65. The minimum Gasteiger partial charge on any atom is -0.497 e. The molecule has 26 heavy (non-hydrogen) atoms. The molecular weight excluding hydrogens is 328 g/mol. The Morgan fingerprint density at radius 2 is 1.77 bits per heavy atom. The molecule has 1 fully saturated rings. The molecule has 5 heteroatoms. The molecule has 2 aromatic carbocycles. The first-order valence-electron chi connectivity index (χ1n) is 8.90. The zero-order valence-corrected chi connectivity index (χ0v) is 15.0. The van der Waals surface area contributed by atoms with E-state index in [1.165, 1.54) is 5.56 Å². The number of hydrogen-bond acceptors (Lipinski definition) is 3. The second-order valence-electron chi connectivity index (χ2n) is 6.52. The molecule has 0 spiro atoms. The van der Waals surface area contributed by atoms with Gasteiger partial charge in [-0.15, -0.1) is 0 Å². The maximum absolute atomic E-state index is 12.7. The fraction of sp³-hybridized carbons (Fsp3) is 0.333. The van der Waals surface area contributed by atoms with Crippen LogP contribution in [-0.2, 0) is 22.4 Å². The van der Waals surface area contributed by atoms with Crippen LogP contribution >= 0.6 is 0 Å². The highest BCUT2D eigenvalue weighted by molar-refractivity contribution is 5.95. The molecule has 1 heterocycles. The molecule has 3 rings (SSSR count). The molecule has 0 bridgehead atoms. The Hall–Kier alpha value is -2.82. The van der Waals surface area contributed by atoms with E-state index in [-0.39, 0.29) is 18.4 Å². The van der Waals surface area contributed by atoms with Crippen LogP contribution in [-0.4, -0.2) is 43.0 Å². The van der Waals surface area contributed by atoms with Crippen molar-refractivity contribution in [1.82, 2.24) is 10.2 Å². The lowest BCUT2D eigenvalue weighted by Crippen LogP contribution is -2.58. The van der Waals surface area contributed by atoms with Crippen LogP contribution in [0.1, 0.15) is 17.5 Å². The van der Waals surface area contributed by atoms with E-state index in [9.17, 15) is 9.59 Å².